The summed E-state index contributed by atoms with van der Waals surface area (Å²) in [7, 11) is 0. The highest BCUT2D eigenvalue weighted by Crippen LogP contribution is 2.20. The van der Waals surface area contributed by atoms with Crippen molar-refractivity contribution in [3.8, 4) is 11.8 Å². The van der Waals surface area contributed by atoms with Gasteiger partial charge < -0.3 is 10.5 Å². The summed E-state index contributed by atoms with van der Waals surface area (Å²) in [6, 6.07) is 2.18. The Bertz CT molecular complexity index is 438. The molecule has 0 spiro atoms. The molecular formula is C15H22N2OS. The minimum Gasteiger partial charge on any atom is -0.378 e. The summed E-state index contributed by atoms with van der Waals surface area (Å²) in [5.74, 6) is 5.98. The molecule has 4 heteroatoms. The van der Waals surface area contributed by atoms with Gasteiger partial charge in [0.05, 0.1) is 12.6 Å². The van der Waals surface area contributed by atoms with Crippen LogP contribution in [-0.4, -0.2) is 37.2 Å². The number of piperidine rings is 1. The number of thiophene rings is 1. The first-order valence-corrected chi connectivity index (χ1v) is 7.80. The molecule has 0 aromatic carbocycles. The van der Waals surface area contributed by atoms with Crippen molar-refractivity contribution in [2.45, 2.75) is 32.4 Å². The smallest absolute Gasteiger partial charge is 0.0599 e. The highest BCUT2D eigenvalue weighted by Gasteiger charge is 2.19. The molecule has 1 fully saturated rings. The van der Waals surface area contributed by atoms with E-state index in [1.165, 1.54) is 4.88 Å². The predicted octanol–water partition coefficient (Wildman–Crippen LogP) is 2.06. The Kier molecular flexibility index (Phi) is 5.87. The molecule has 3 nitrogen and oxygen atoms in total. The molecule has 19 heavy (non-hydrogen) atoms. The van der Waals surface area contributed by atoms with Gasteiger partial charge in [0.1, 0.15) is 0 Å². The molecule has 0 amide bonds. The van der Waals surface area contributed by atoms with Crippen molar-refractivity contribution in [1.82, 2.24) is 4.90 Å². The standard InChI is InChI=1S/C15H22N2OS/c1-2-18-14-5-8-17(9-6-14)11-15-10-13(12-19-15)4-3-7-16/h10,12,14H,2,5-9,11,16H2,1H3. The van der Waals surface area contributed by atoms with Gasteiger partial charge in [0.15, 0.2) is 0 Å². The van der Waals surface area contributed by atoms with Crippen LogP contribution in [0.1, 0.15) is 30.2 Å². The molecule has 0 bridgehead atoms. The zero-order chi connectivity index (χ0) is 13.5. The van der Waals surface area contributed by atoms with Gasteiger partial charge in [-0.2, -0.15) is 0 Å². The van der Waals surface area contributed by atoms with Gasteiger partial charge in [-0.15, -0.1) is 11.3 Å². The number of likely N-dealkylation sites (tertiary alicyclic amines) is 1. The second-order valence-corrected chi connectivity index (χ2v) is 5.73. The molecule has 1 aromatic rings. The lowest BCUT2D eigenvalue weighted by Gasteiger charge is -2.31. The molecule has 0 atom stereocenters. The summed E-state index contributed by atoms with van der Waals surface area (Å²) in [6.07, 6.45) is 2.77. The fraction of sp³-hybridized carbons (Fsp3) is 0.600. The molecule has 0 radical (unpaired) electrons. The van der Waals surface area contributed by atoms with Crippen molar-refractivity contribution in [1.29, 1.82) is 0 Å². The normalized spacial score (nSPS) is 17.2. The Morgan fingerprint density at radius 2 is 2.26 bits per heavy atom. The highest BCUT2D eigenvalue weighted by molar-refractivity contribution is 7.10. The molecule has 2 rings (SSSR count). The van der Waals surface area contributed by atoms with E-state index < -0.39 is 0 Å². The SMILES string of the molecule is CCOC1CCN(Cc2cc(C#CCN)cs2)CC1. The second-order valence-electron chi connectivity index (χ2n) is 4.74. The third-order valence-corrected chi connectivity index (χ3v) is 4.23. The fourth-order valence-electron chi connectivity index (χ4n) is 2.37. The van der Waals surface area contributed by atoms with E-state index in [0.29, 0.717) is 12.6 Å². The maximum absolute atomic E-state index is 5.68. The molecule has 1 aliphatic rings. The van der Waals surface area contributed by atoms with Gasteiger partial charge in [-0.05, 0) is 25.8 Å². The van der Waals surface area contributed by atoms with E-state index in [1.54, 1.807) is 11.3 Å². The van der Waals surface area contributed by atoms with Crippen LogP contribution in [-0.2, 0) is 11.3 Å². The van der Waals surface area contributed by atoms with Crippen molar-refractivity contribution in [2.75, 3.05) is 26.2 Å². The largest absolute Gasteiger partial charge is 0.378 e. The molecular weight excluding hydrogens is 256 g/mol. The van der Waals surface area contributed by atoms with Crippen LogP contribution in [0.15, 0.2) is 11.4 Å². The van der Waals surface area contributed by atoms with Gasteiger partial charge in [0.25, 0.3) is 0 Å². The van der Waals surface area contributed by atoms with Gasteiger partial charge in [0, 0.05) is 42.1 Å². The summed E-state index contributed by atoms with van der Waals surface area (Å²) in [4.78, 5) is 3.89. The molecule has 2 heterocycles. The highest BCUT2D eigenvalue weighted by atomic mass is 32.1. The number of nitrogens with zero attached hydrogens (tertiary/aromatic N) is 1. The first-order chi connectivity index (χ1) is 9.31. The topological polar surface area (TPSA) is 38.5 Å². The molecule has 1 aliphatic heterocycles. The Labute approximate surface area is 119 Å². The first kappa shape index (κ1) is 14.5. The summed E-state index contributed by atoms with van der Waals surface area (Å²) in [6.45, 7) is 6.63. The summed E-state index contributed by atoms with van der Waals surface area (Å²) in [5.41, 5.74) is 6.47. The van der Waals surface area contributed by atoms with E-state index in [2.05, 4.69) is 35.1 Å². The van der Waals surface area contributed by atoms with Crippen molar-refractivity contribution < 1.29 is 4.74 Å². The third-order valence-electron chi connectivity index (χ3n) is 3.30. The Morgan fingerprint density at radius 1 is 1.47 bits per heavy atom. The minimum absolute atomic E-state index is 0.427. The van der Waals surface area contributed by atoms with E-state index in [-0.39, 0.29) is 0 Å². The van der Waals surface area contributed by atoms with Crippen molar-refractivity contribution >= 4 is 11.3 Å². The predicted molar refractivity (Wildman–Crippen MR) is 80.2 cm³/mol. The van der Waals surface area contributed by atoms with Gasteiger partial charge in [0.2, 0.25) is 0 Å². The maximum Gasteiger partial charge on any atom is 0.0599 e. The fourth-order valence-corrected chi connectivity index (χ4v) is 3.23. The molecule has 0 unspecified atom stereocenters. The monoisotopic (exact) mass is 278 g/mol. The van der Waals surface area contributed by atoms with Crippen LogP contribution in [0.2, 0.25) is 0 Å². The lowest BCUT2D eigenvalue weighted by atomic mass is 10.1. The molecule has 0 aliphatic carbocycles. The van der Waals surface area contributed by atoms with Crippen LogP contribution in [0.4, 0.5) is 0 Å². The first-order valence-electron chi connectivity index (χ1n) is 6.92. The number of hydrogen-bond donors (Lipinski definition) is 1. The van der Waals surface area contributed by atoms with Gasteiger partial charge >= 0.3 is 0 Å². The quantitative estimate of drug-likeness (QED) is 0.857. The van der Waals surface area contributed by atoms with E-state index in [4.69, 9.17) is 10.5 Å². The average Bonchev–Trinajstić information content (AvgIpc) is 2.87. The van der Waals surface area contributed by atoms with Crippen molar-refractivity contribution in [2.24, 2.45) is 5.73 Å². The maximum atomic E-state index is 5.68. The van der Waals surface area contributed by atoms with E-state index in [9.17, 15) is 0 Å². The second kappa shape index (κ2) is 7.66. The number of ether oxygens (including phenoxy) is 1. The average molecular weight is 278 g/mol. The zero-order valence-electron chi connectivity index (χ0n) is 11.5. The molecule has 104 valence electrons. The third kappa shape index (κ3) is 4.63. The van der Waals surface area contributed by atoms with Gasteiger partial charge in [-0.3, -0.25) is 4.90 Å². The molecule has 2 N–H and O–H groups in total. The number of hydrogen-bond acceptors (Lipinski definition) is 4. The Hall–Kier alpha value is -0.860. The van der Waals surface area contributed by atoms with Gasteiger partial charge in [-0.1, -0.05) is 11.8 Å². The lowest BCUT2D eigenvalue weighted by Crippen LogP contribution is -2.36. The van der Waals surface area contributed by atoms with Crippen molar-refractivity contribution in [3.63, 3.8) is 0 Å². The summed E-state index contributed by atoms with van der Waals surface area (Å²) < 4.78 is 5.68. The van der Waals surface area contributed by atoms with Crippen LogP contribution < -0.4 is 5.73 Å². The van der Waals surface area contributed by atoms with Crippen LogP contribution >= 0.6 is 11.3 Å². The number of rotatable bonds is 4. The molecule has 1 saturated heterocycles. The van der Waals surface area contributed by atoms with Crippen LogP contribution in [0, 0.1) is 11.8 Å². The molecule has 1 aromatic heterocycles. The zero-order valence-corrected chi connectivity index (χ0v) is 12.3. The van der Waals surface area contributed by atoms with Crippen LogP contribution in [0.5, 0.6) is 0 Å². The summed E-state index contributed by atoms with van der Waals surface area (Å²) in [5, 5.41) is 2.12. The number of nitrogens with two attached hydrogens (primary N) is 1. The van der Waals surface area contributed by atoms with Crippen molar-refractivity contribution in [3.05, 3.63) is 21.9 Å². The Morgan fingerprint density at radius 3 is 2.95 bits per heavy atom. The molecule has 0 saturated carbocycles. The van der Waals surface area contributed by atoms with E-state index >= 15 is 0 Å². The van der Waals surface area contributed by atoms with E-state index in [1.807, 2.05) is 0 Å². The van der Waals surface area contributed by atoms with Crippen LogP contribution in [0.3, 0.4) is 0 Å². The van der Waals surface area contributed by atoms with E-state index in [0.717, 1.165) is 44.6 Å². The van der Waals surface area contributed by atoms with Crippen LogP contribution in [0.25, 0.3) is 0 Å². The minimum atomic E-state index is 0.427. The lowest BCUT2D eigenvalue weighted by molar-refractivity contribution is 0.0127. The Balaban J connectivity index is 1.80. The summed E-state index contributed by atoms with van der Waals surface area (Å²) >= 11 is 1.79. The van der Waals surface area contributed by atoms with Gasteiger partial charge in [-0.25, -0.2) is 0 Å².